The molecule has 3 aromatic carbocycles. The van der Waals surface area contributed by atoms with Crippen molar-refractivity contribution in [3.63, 3.8) is 0 Å². The summed E-state index contributed by atoms with van der Waals surface area (Å²) in [6.07, 6.45) is 3.70. The van der Waals surface area contributed by atoms with Gasteiger partial charge in [0.05, 0.1) is 5.02 Å². The van der Waals surface area contributed by atoms with Gasteiger partial charge in [-0.05, 0) is 66.5 Å². The topological polar surface area (TPSA) is 66.5 Å². The van der Waals surface area contributed by atoms with Crippen LogP contribution in [0.2, 0.25) is 5.02 Å². The fraction of sp³-hybridized carbons (Fsp3) is 0.261. The molecular formula is C23H21ClN2O3S. The molecule has 1 aliphatic heterocycles. The highest BCUT2D eigenvalue weighted by atomic mass is 35.5. The number of carbonyl (C=O) groups excluding carboxylic acids is 1. The monoisotopic (exact) mass is 440 g/mol. The van der Waals surface area contributed by atoms with Gasteiger partial charge in [-0.15, -0.1) is 0 Å². The van der Waals surface area contributed by atoms with Crippen LogP contribution in [0.1, 0.15) is 34.3 Å². The Balaban J connectivity index is 1.49. The molecule has 0 unspecified atom stereocenters. The zero-order chi connectivity index (χ0) is 20.9. The zero-order valence-electron chi connectivity index (χ0n) is 16.3. The minimum atomic E-state index is -3.71. The van der Waals surface area contributed by atoms with E-state index in [4.69, 9.17) is 11.6 Å². The van der Waals surface area contributed by atoms with Crippen molar-refractivity contribution in [2.45, 2.75) is 30.6 Å². The Morgan fingerprint density at radius 3 is 2.47 bits per heavy atom. The Morgan fingerprint density at radius 2 is 1.70 bits per heavy atom. The van der Waals surface area contributed by atoms with Crippen LogP contribution in [-0.4, -0.2) is 31.7 Å². The van der Waals surface area contributed by atoms with Crippen LogP contribution in [-0.2, 0) is 22.9 Å². The van der Waals surface area contributed by atoms with E-state index in [0.717, 1.165) is 36.8 Å². The van der Waals surface area contributed by atoms with Crippen molar-refractivity contribution in [3.05, 3.63) is 70.2 Å². The van der Waals surface area contributed by atoms with Gasteiger partial charge in [0.1, 0.15) is 4.90 Å². The molecule has 0 radical (unpaired) electrons. The summed E-state index contributed by atoms with van der Waals surface area (Å²) >= 11 is 6.21. The third-order valence-electron chi connectivity index (χ3n) is 6.00. The molecule has 7 heteroatoms. The first-order chi connectivity index (χ1) is 14.4. The van der Waals surface area contributed by atoms with Gasteiger partial charge in [0, 0.05) is 29.7 Å². The number of sulfonamides is 1. The first kappa shape index (κ1) is 19.5. The molecule has 0 bridgehead atoms. The number of halogens is 1. The summed E-state index contributed by atoms with van der Waals surface area (Å²) in [5, 5.41) is 5.31. The number of nitrogens with one attached hydrogen (secondary N) is 1. The molecule has 1 N–H and O–H groups in total. The van der Waals surface area contributed by atoms with Crippen LogP contribution < -0.4 is 5.32 Å². The molecule has 2 aliphatic rings. The van der Waals surface area contributed by atoms with E-state index in [0.29, 0.717) is 13.1 Å². The molecule has 0 spiro atoms. The van der Waals surface area contributed by atoms with Crippen molar-refractivity contribution >= 4 is 44.0 Å². The number of anilines is 1. The maximum atomic E-state index is 13.0. The highest BCUT2D eigenvalue weighted by Gasteiger charge is 2.30. The van der Waals surface area contributed by atoms with E-state index in [-0.39, 0.29) is 21.4 Å². The Kier molecular flexibility index (Phi) is 4.81. The lowest BCUT2D eigenvalue weighted by molar-refractivity contribution is 0.102. The average molecular weight is 441 g/mol. The molecule has 154 valence electrons. The number of nitrogens with zero attached hydrogens (tertiary/aromatic N) is 1. The molecule has 1 saturated heterocycles. The number of carbonyl (C=O) groups is 1. The van der Waals surface area contributed by atoms with Crippen molar-refractivity contribution in [2.24, 2.45) is 0 Å². The molecule has 1 amide bonds. The predicted molar refractivity (Wildman–Crippen MR) is 119 cm³/mol. The van der Waals surface area contributed by atoms with E-state index in [1.807, 2.05) is 18.2 Å². The fourth-order valence-electron chi connectivity index (χ4n) is 4.46. The molecule has 1 aliphatic carbocycles. The van der Waals surface area contributed by atoms with Gasteiger partial charge in [-0.25, -0.2) is 8.42 Å². The largest absolute Gasteiger partial charge is 0.321 e. The smallest absolute Gasteiger partial charge is 0.255 e. The highest BCUT2D eigenvalue weighted by Crippen LogP contribution is 2.35. The molecule has 30 heavy (non-hydrogen) atoms. The first-order valence-corrected chi connectivity index (χ1v) is 11.9. The van der Waals surface area contributed by atoms with Gasteiger partial charge in [0.2, 0.25) is 10.0 Å². The second kappa shape index (κ2) is 7.38. The zero-order valence-corrected chi connectivity index (χ0v) is 17.9. The average Bonchev–Trinajstić information content (AvgIpc) is 3.42. The number of benzene rings is 3. The van der Waals surface area contributed by atoms with E-state index >= 15 is 0 Å². The second-order valence-electron chi connectivity index (χ2n) is 7.82. The number of amides is 1. The first-order valence-electron chi connectivity index (χ1n) is 10.1. The van der Waals surface area contributed by atoms with Gasteiger partial charge in [0.25, 0.3) is 5.91 Å². The van der Waals surface area contributed by atoms with Crippen molar-refractivity contribution in [1.29, 1.82) is 0 Å². The molecular weight excluding hydrogens is 420 g/mol. The van der Waals surface area contributed by atoms with Crippen LogP contribution in [0.4, 0.5) is 5.69 Å². The quantitative estimate of drug-likeness (QED) is 0.643. The van der Waals surface area contributed by atoms with Crippen LogP contribution in [0.3, 0.4) is 0 Å². The maximum Gasteiger partial charge on any atom is 0.255 e. The lowest BCUT2D eigenvalue weighted by atomic mass is 10.0. The lowest BCUT2D eigenvalue weighted by Crippen LogP contribution is -2.28. The summed E-state index contributed by atoms with van der Waals surface area (Å²) in [4.78, 5) is 13.0. The molecule has 1 fully saturated rings. The Hall–Kier alpha value is -2.41. The van der Waals surface area contributed by atoms with Gasteiger partial charge in [-0.3, -0.25) is 4.79 Å². The van der Waals surface area contributed by atoms with Crippen LogP contribution in [0.5, 0.6) is 0 Å². The van der Waals surface area contributed by atoms with Gasteiger partial charge < -0.3 is 5.32 Å². The molecule has 5 nitrogen and oxygen atoms in total. The molecule has 0 saturated carbocycles. The van der Waals surface area contributed by atoms with E-state index in [9.17, 15) is 13.2 Å². The van der Waals surface area contributed by atoms with E-state index in [1.54, 1.807) is 6.07 Å². The van der Waals surface area contributed by atoms with Crippen molar-refractivity contribution in [1.82, 2.24) is 4.31 Å². The normalized spacial score (nSPS) is 16.3. The third-order valence-corrected chi connectivity index (χ3v) is 8.38. The van der Waals surface area contributed by atoms with Gasteiger partial charge in [-0.2, -0.15) is 4.31 Å². The van der Waals surface area contributed by atoms with E-state index < -0.39 is 10.0 Å². The molecule has 3 aromatic rings. The van der Waals surface area contributed by atoms with Crippen LogP contribution >= 0.6 is 11.6 Å². The lowest BCUT2D eigenvalue weighted by Gasteiger charge is -2.17. The molecule has 1 heterocycles. The van der Waals surface area contributed by atoms with E-state index in [2.05, 4.69) is 17.4 Å². The highest BCUT2D eigenvalue weighted by molar-refractivity contribution is 7.89. The van der Waals surface area contributed by atoms with Crippen LogP contribution in [0, 0.1) is 0 Å². The number of hydrogen-bond donors (Lipinski definition) is 1. The number of rotatable bonds is 4. The summed E-state index contributed by atoms with van der Waals surface area (Å²) in [7, 11) is -3.71. The van der Waals surface area contributed by atoms with Gasteiger partial charge in [0.15, 0.2) is 0 Å². The maximum absolute atomic E-state index is 13.0. The van der Waals surface area contributed by atoms with Crippen molar-refractivity contribution < 1.29 is 13.2 Å². The second-order valence-corrected chi connectivity index (χ2v) is 10.1. The number of aryl methyl sites for hydroxylation is 2. The summed E-state index contributed by atoms with van der Waals surface area (Å²) in [6, 6.07) is 14.5. The number of hydrogen-bond acceptors (Lipinski definition) is 3. The third kappa shape index (κ3) is 3.20. The Morgan fingerprint density at radius 1 is 0.967 bits per heavy atom. The minimum Gasteiger partial charge on any atom is -0.321 e. The fourth-order valence-corrected chi connectivity index (χ4v) is 6.48. The molecule has 0 atom stereocenters. The van der Waals surface area contributed by atoms with E-state index in [1.165, 1.54) is 33.0 Å². The minimum absolute atomic E-state index is 0.0147. The van der Waals surface area contributed by atoms with Gasteiger partial charge >= 0.3 is 0 Å². The Labute approximate surface area is 180 Å². The molecule has 0 aromatic heterocycles. The summed E-state index contributed by atoms with van der Waals surface area (Å²) < 4.78 is 27.3. The predicted octanol–water partition coefficient (Wildman–Crippen LogP) is 4.63. The van der Waals surface area contributed by atoms with Crippen LogP contribution in [0.25, 0.3) is 10.8 Å². The van der Waals surface area contributed by atoms with Crippen LogP contribution in [0.15, 0.2) is 53.4 Å². The molecule has 5 rings (SSSR count). The van der Waals surface area contributed by atoms with Crippen molar-refractivity contribution in [3.8, 4) is 0 Å². The standard InChI is InChI=1S/C23H21ClN2O3S/c24-19-10-8-17(14-21(19)30(28,29)26-12-1-2-13-26)23(27)25-20-11-9-16-7-6-15-4-3-5-18(20)22(15)16/h3-5,8-11,14H,1-2,6-7,12-13H2,(H,25,27). The SMILES string of the molecule is O=C(Nc1ccc2c3c(cccc13)CC2)c1ccc(Cl)c(S(=O)(=O)N2CCCC2)c1. The van der Waals surface area contributed by atoms with Gasteiger partial charge in [-0.1, -0.05) is 35.9 Å². The summed E-state index contributed by atoms with van der Waals surface area (Å²) in [5.41, 5.74) is 3.58. The van der Waals surface area contributed by atoms with Crippen molar-refractivity contribution in [2.75, 3.05) is 18.4 Å². The summed E-state index contributed by atoms with van der Waals surface area (Å²) in [5.74, 6) is -0.358. The summed E-state index contributed by atoms with van der Waals surface area (Å²) in [6.45, 7) is 0.964. The Bertz CT molecular complexity index is 1270.